The molecule has 29 heavy (non-hydrogen) atoms. The summed E-state index contributed by atoms with van der Waals surface area (Å²) in [4.78, 5) is 20.8. The SMILES string of the molecule is CC(=O)OOc1cc(Cc2ccccc2)c2c(-c3ccccc3F)noc2c1Cl. The van der Waals surface area contributed by atoms with Crippen molar-refractivity contribution in [3.63, 3.8) is 0 Å². The number of hydrogen-bond donors (Lipinski definition) is 0. The van der Waals surface area contributed by atoms with Gasteiger partial charge in [-0.05, 0) is 35.7 Å². The van der Waals surface area contributed by atoms with E-state index in [9.17, 15) is 9.18 Å². The van der Waals surface area contributed by atoms with Crippen LogP contribution in [0.15, 0.2) is 65.2 Å². The molecule has 0 atom stereocenters. The van der Waals surface area contributed by atoms with Gasteiger partial charge in [0, 0.05) is 12.5 Å². The highest BCUT2D eigenvalue weighted by Gasteiger charge is 2.23. The zero-order chi connectivity index (χ0) is 20.4. The zero-order valence-corrected chi connectivity index (χ0v) is 16.1. The Balaban J connectivity index is 1.92. The van der Waals surface area contributed by atoms with Gasteiger partial charge in [0.2, 0.25) is 5.75 Å². The fourth-order valence-corrected chi connectivity index (χ4v) is 3.32. The van der Waals surface area contributed by atoms with Crippen LogP contribution in [-0.4, -0.2) is 11.1 Å². The Bertz CT molecular complexity index is 1190. The number of carbonyl (C=O) groups excluding carboxylic acids is 1. The maximum absolute atomic E-state index is 14.4. The Morgan fingerprint density at radius 1 is 1.14 bits per heavy atom. The molecule has 0 aliphatic carbocycles. The summed E-state index contributed by atoms with van der Waals surface area (Å²) in [6, 6.07) is 17.6. The summed E-state index contributed by atoms with van der Waals surface area (Å²) < 4.78 is 19.9. The van der Waals surface area contributed by atoms with Gasteiger partial charge in [-0.3, -0.25) is 9.78 Å². The summed E-state index contributed by atoms with van der Waals surface area (Å²) in [6.45, 7) is 1.21. The third kappa shape index (κ3) is 3.79. The fourth-order valence-electron chi connectivity index (χ4n) is 3.10. The summed E-state index contributed by atoms with van der Waals surface area (Å²) in [5.41, 5.74) is 2.60. The molecule has 0 unspecified atom stereocenters. The first-order chi connectivity index (χ1) is 14.0. The summed E-state index contributed by atoms with van der Waals surface area (Å²) in [5, 5.41) is 4.71. The van der Waals surface area contributed by atoms with E-state index in [0.29, 0.717) is 23.1 Å². The monoisotopic (exact) mass is 411 g/mol. The first-order valence-electron chi connectivity index (χ1n) is 8.79. The number of nitrogens with zero attached hydrogens (tertiary/aromatic N) is 1. The average molecular weight is 412 g/mol. The predicted octanol–water partition coefficient (Wildman–Crippen LogP) is 5.74. The second kappa shape index (κ2) is 7.93. The lowest BCUT2D eigenvalue weighted by Crippen LogP contribution is -2.04. The molecule has 1 aromatic heterocycles. The van der Waals surface area contributed by atoms with Gasteiger partial charge in [-0.2, -0.15) is 0 Å². The van der Waals surface area contributed by atoms with Crippen molar-refractivity contribution in [3.05, 3.63) is 82.6 Å². The van der Waals surface area contributed by atoms with Crippen molar-refractivity contribution >= 4 is 28.5 Å². The number of halogens is 2. The third-order valence-corrected chi connectivity index (χ3v) is 4.71. The van der Waals surface area contributed by atoms with Crippen LogP contribution < -0.4 is 4.89 Å². The highest BCUT2D eigenvalue weighted by atomic mass is 35.5. The van der Waals surface area contributed by atoms with Crippen molar-refractivity contribution in [2.75, 3.05) is 0 Å². The van der Waals surface area contributed by atoms with Gasteiger partial charge in [0.1, 0.15) is 16.5 Å². The summed E-state index contributed by atoms with van der Waals surface area (Å²) in [7, 11) is 0. The molecule has 0 radical (unpaired) electrons. The van der Waals surface area contributed by atoms with Gasteiger partial charge >= 0.3 is 5.97 Å². The van der Waals surface area contributed by atoms with Crippen LogP contribution >= 0.6 is 11.6 Å². The van der Waals surface area contributed by atoms with E-state index in [2.05, 4.69) is 10.0 Å². The molecule has 7 heteroatoms. The van der Waals surface area contributed by atoms with Crippen LogP contribution in [-0.2, 0) is 16.1 Å². The molecule has 0 bridgehead atoms. The van der Waals surface area contributed by atoms with E-state index in [1.165, 1.54) is 13.0 Å². The van der Waals surface area contributed by atoms with Gasteiger partial charge < -0.3 is 4.52 Å². The molecule has 146 valence electrons. The number of hydrogen-bond acceptors (Lipinski definition) is 5. The number of carbonyl (C=O) groups is 1. The van der Waals surface area contributed by atoms with Crippen LogP contribution in [0.4, 0.5) is 4.39 Å². The largest absolute Gasteiger partial charge is 0.354 e. The summed E-state index contributed by atoms with van der Waals surface area (Å²) in [5.74, 6) is -0.948. The van der Waals surface area contributed by atoms with Crippen molar-refractivity contribution < 1.29 is 23.5 Å². The third-order valence-electron chi connectivity index (χ3n) is 4.35. The summed E-state index contributed by atoms with van der Waals surface area (Å²) >= 11 is 6.40. The molecular weight excluding hydrogens is 397 g/mol. The molecule has 0 aliphatic rings. The molecular formula is C22H15ClFNO4. The second-order valence-electron chi connectivity index (χ2n) is 6.38. The Morgan fingerprint density at radius 3 is 2.59 bits per heavy atom. The van der Waals surface area contributed by atoms with Crippen LogP contribution in [0.5, 0.6) is 5.75 Å². The van der Waals surface area contributed by atoms with Gasteiger partial charge in [-0.15, -0.1) is 0 Å². The van der Waals surface area contributed by atoms with E-state index in [0.717, 1.165) is 11.1 Å². The maximum Gasteiger partial charge on any atom is 0.352 e. The van der Waals surface area contributed by atoms with Crippen LogP contribution in [0.1, 0.15) is 18.1 Å². The molecule has 0 fully saturated rings. The second-order valence-corrected chi connectivity index (χ2v) is 6.76. The van der Waals surface area contributed by atoms with Gasteiger partial charge in [0.15, 0.2) is 5.58 Å². The molecule has 3 aromatic carbocycles. The molecule has 5 nitrogen and oxygen atoms in total. The maximum atomic E-state index is 14.4. The topological polar surface area (TPSA) is 61.6 Å². The average Bonchev–Trinajstić information content (AvgIpc) is 3.16. The molecule has 0 aliphatic heterocycles. The van der Waals surface area contributed by atoms with Crippen molar-refractivity contribution in [3.8, 4) is 17.0 Å². The van der Waals surface area contributed by atoms with Crippen LogP contribution in [0, 0.1) is 5.82 Å². The minimum absolute atomic E-state index is 0.0770. The zero-order valence-electron chi connectivity index (χ0n) is 15.3. The lowest BCUT2D eigenvalue weighted by atomic mass is 9.97. The minimum atomic E-state index is -0.629. The minimum Gasteiger partial charge on any atom is -0.354 e. The Hall–Kier alpha value is -3.38. The smallest absolute Gasteiger partial charge is 0.352 e. The lowest BCUT2D eigenvalue weighted by Gasteiger charge is -2.10. The number of aromatic nitrogens is 1. The first kappa shape index (κ1) is 19.0. The predicted molar refractivity (Wildman–Crippen MR) is 106 cm³/mol. The van der Waals surface area contributed by atoms with Gasteiger partial charge in [-0.1, -0.05) is 59.2 Å². The Labute approximate surface area is 170 Å². The van der Waals surface area contributed by atoms with Crippen LogP contribution in [0.25, 0.3) is 22.2 Å². The molecule has 0 amide bonds. The normalized spacial score (nSPS) is 10.9. The van der Waals surface area contributed by atoms with Crippen LogP contribution in [0.3, 0.4) is 0 Å². The number of fused-ring (bicyclic) bond motifs is 1. The molecule has 4 aromatic rings. The molecule has 1 heterocycles. The number of rotatable bonds is 5. The molecule has 0 spiro atoms. The van der Waals surface area contributed by atoms with E-state index >= 15 is 0 Å². The van der Waals surface area contributed by atoms with Gasteiger partial charge in [-0.25, -0.2) is 9.18 Å². The highest BCUT2D eigenvalue weighted by molar-refractivity contribution is 6.36. The van der Waals surface area contributed by atoms with Gasteiger partial charge in [0.25, 0.3) is 0 Å². The van der Waals surface area contributed by atoms with Crippen molar-refractivity contribution in [1.82, 2.24) is 5.16 Å². The Morgan fingerprint density at radius 2 is 1.86 bits per heavy atom. The molecule has 4 rings (SSSR count). The molecule has 0 N–H and O–H groups in total. The quantitative estimate of drug-likeness (QED) is 0.310. The first-order valence-corrected chi connectivity index (χ1v) is 9.17. The fraction of sp³-hybridized carbons (Fsp3) is 0.0909. The van der Waals surface area contributed by atoms with Crippen molar-refractivity contribution in [1.29, 1.82) is 0 Å². The van der Waals surface area contributed by atoms with Crippen LogP contribution in [0.2, 0.25) is 5.02 Å². The van der Waals surface area contributed by atoms with E-state index in [-0.39, 0.29) is 16.4 Å². The van der Waals surface area contributed by atoms with Gasteiger partial charge in [0.05, 0.1) is 5.39 Å². The lowest BCUT2D eigenvalue weighted by molar-refractivity contribution is -0.210. The van der Waals surface area contributed by atoms with E-state index in [1.807, 2.05) is 30.3 Å². The highest BCUT2D eigenvalue weighted by Crippen LogP contribution is 2.41. The Kier molecular flexibility index (Phi) is 5.18. The standard InChI is InChI=1S/C22H15ClFNO4/c1-13(26)28-29-18-12-15(11-14-7-3-2-4-8-14)19-21(25-27-22(19)20(18)23)16-9-5-6-10-17(16)24/h2-10,12H,11H2,1H3. The van der Waals surface area contributed by atoms with Crippen molar-refractivity contribution in [2.45, 2.75) is 13.3 Å². The molecule has 0 saturated carbocycles. The van der Waals surface area contributed by atoms with Crippen molar-refractivity contribution in [2.24, 2.45) is 0 Å². The van der Waals surface area contributed by atoms with E-state index in [4.69, 9.17) is 21.0 Å². The van der Waals surface area contributed by atoms with E-state index < -0.39 is 11.8 Å². The molecule has 0 saturated heterocycles. The van der Waals surface area contributed by atoms with E-state index in [1.54, 1.807) is 24.3 Å². The number of benzene rings is 3. The summed E-state index contributed by atoms with van der Waals surface area (Å²) in [6.07, 6.45) is 0.480.